The summed E-state index contributed by atoms with van der Waals surface area (Å²) in [7, 11) is 1.44. The van der Waals surface area contributed by atoms with Crippen molar-refractivity contribution >= 4 is 17.7 Å². The molecule has 0 saturated heterocycles. The molecule has 1 aromatic rings. The quantitative estimate of drug-likeness (QED) is 0.559. The van der Waals surface area contributed by atoms with Gasteiger partial charge in [0, 0.05) is 41.3 Å². The number of methoxy groups -OCH3 is 1. The van der Waals surface area contributed by atoms with Crippen molar-refractivity contribution in [1.82, 2.24) is 9.47 Å². The van der Waals surface area contributed by atoms with Gasteiger partial charge in [-0.3, -0.25) is 0 Å². The third-order valence-corrected chi connectivity index (χ3v) is 5.43. The molecule has 3 rings (SSSR count). The Morgan fingerprint density at radius 3 is 3.00 bits per heavy atom. The van der Waals surface area contributed by atoms with E-state index in [0.29, 0.717) is 0 Å². The summed E-state index contributed by atoms with van der Waals surface area (Å²) < 4.78 is 7.16. The maximum atomic E-state index is 12.1. The summed E-state index contributed by atoms with van der Waals surface area (Å²) in [6.07, 6.45) is 8.76. The van der Waals surface area contributed by atoms with Gasteiger partial charge in [0.15, 0.2) is 0 Å². The molecule has 0 spiro atoms. The Bertz CT molecular complexity index is 729. The molecule has 1 aromatic heterocycles. The lowest BCUT2D eigenvalue weighted by atomic mass is 10.1. The number of carbonyl (C=O) groups excluding carboxylic acids is 1. The first kappa shape index (κ1) is 16.7. The van der Waals surface area contributed by atoms with Crippen LogP contribution in [0, 0.1) is 0 Å². The Labute approximate surface area is 147 Å². The molecule has 0 aliphatic carbocycles. The van der Waals surface area contributed by atoms with Gasteiger partial charge in [0.25, 0.3) is 0 Å². The summed E-state index contributed by atoms with van der Waals surface area (Å²) >= 11 is 1.77. The lowest BCUT2D eigenvalue weighted by Gasteiger charge is -2.27. The molecule has 0 bridgehead atoms. The molecule has 1 unspecified atom stereocenters. The third kappa shape index (κ3) is 2.84. The summed E-state index contributed by atoms with van der Waals surface area (Å²) in [5, 5.41) is 0. The number of allylic oxidation sites excluding steroid dienone is 2. The second-order valence-corrected chi connectivity index (χ2v) is 6.82. The van der Waals surface area contributed by atoms with Gasteiger partial charge in [-0.1, -0.05) is 12.2 Å². The van der Waals surface area contributed by atoms with Gasteiger partial charge in [-0.15, -0.1) is 24.9 Å². The molecule has 0 fully saturated rings. The van der Waals surface area contributed by atoms with Crippen LogP contribution in [0.4, 0.5) is 0 Å². The van der Waals surface area contributed by atoms with Gasteiger partial charge in [0.05, 0.1) is 12.7 Å². The maximum absolute atomic E-state index is 12.1. The zero-order valence-electron chi connectivity index (χ0n) is 13.9. The van der Waals surface area contributed by atoms with Crippen molar-refractivity contribution in [2.45, 2.75) is 19.0 Å². The molecule has 2 aliphatic rings. The van der Waals surface area contributed by atoms with Crippen LogP contribution in [0.1, 0.15) is 18.2 Å². The molecule has 0 N–H and O–H groups in total. The first-order valence-corrected chi connectivity index (χ1v) is 8.99. The summed E-state index contributed by atoms with van der Waals surface area (Å²) in [4.78, 5) is 15.6. The first-order valence-electron chi connectivity index (χ1n) is 8.00. The van der Waals surface area contributed by atoms with E-state index in [1.807, 2.05) is 12.2 Å². The largest absolute Gasteiger partial charge is 0.466 e. The number of hydrogen-bond acceptors (Lipinski definition) is 4. The Morgan fingerprint density at radius 1 is 1.46 bits per heavy atom. The lowest BCUT2D eigenvalue weighted by Crippen LogP contribution is -2.23. The van der Waals surface area contributed by atoms with E-state index in [9.17, 15) is 4.79 Å². The summed E-state index contributed by atoms with van der Waals surface area (Å²) in [5.74, 6) is 0.623. The van der Waals surface area contributed by atoms with Crippen LogP contribution in [0.3, 0.4) is 0 Å². The van der Waals surface area contributed by atoms with E-state index in [0.717, 1.165) is 36.5 Å². The van der Waals surface area contributed by atoms with Crippen molar-refractivity contribution in [3.05, 3.63) is 71.6 Å². The Hall–Kier alpha value is -2.14. The van der Waals surface area contributed by atoms with Crippen LogP contribution in [-0.2, 0) is 16.1 Å². The number of nitrogens with zero attached hydrogens (tertiary/aromatic N) is 2. The number of thioether (sulfide) groups is 1. The van der Waals surface area contributed by atoms with Gasteiger partial charge in [0.1, 0.15) is 6.04 Å². The van der Waals surface area contributed by atoms with Crippen molar-refractivity contribution in [2.24, 2.45) is 0 Å². The van der Waals surface area contributed by atoms with Gasteiger partial charge in [-0.05, 0) is 24.6 Å². The maximum Gasteiger partial charge on any atom is 0.335 e. The van der Waals surface area contributed by atoms with Gasteiger partial charge in [0.2, 0.25) is 0 Å². The zero-order valence-corrected chi connectivity index (χ0v) is 14.7. The van der Waals surface area contributed by atoms with Crippen LogP contribution in [0.5, 0.6) is 0 Å². The molecule has 0 radical (unpaired) electrons. The lowest BCUT2D eigenvalue weighted by molar-refractivity contribution is -0.136. The standard InChI is InChI=1S/C19H22N2O2S/c1-4-9-20-10-6-7-15(20)18-17(24-12-5-2)13-16-14(19(22)23-3)8-11-21(16)18/h4-7,10,13,18H,1-2,8-9,11-12H2,3H3. The van der Waals surface area contributed by atoms with Crippen molar-refractivity contribution in [3.8, 4) is 0 Å². The van der Waals surface area contributed by atoms with E-state index >= 15 is 0 Å². The van der Waals surface area contributed by atoms with Crippen molar-refractivity contribution < 1.29 is 9.53 Å². The average molecular weight is 342 g/mol. The van der Waals surface area contributed by atoms with E-state index in [2.05, 4.69) is 47.0 Å². The van der Waals surface area contributed by atoms with E-state index in [1.54, 1.807) is 11.8 Å². The molecule has 0 saturated carbocycles. The van der Waals surface area contributed by atoms with Gasteiger partial charge in [-0.2, -0.15) is 0 Å². The summed E-state index contributed by atoms with van der Waals surface area (Å²) in [5.41, 5.74) is 3.00. The van der Waals surface area contributed by atoms with E-state index in [-0.39, 0.29) is 12.0 Å². The molecular formula is C19H22N2O2S. The fraction of sp³-hybridized carbons (Fsp3) is 0.316. The Morgan fingerprint density at radius 2 is 2.29 bits per heavy atom. The number of aromatic nitrogens is 1. The highest BCUT2D eigenvalue weighted by Gasteiger charge is 2.39. The van der Waals surface area contributed by atoms with E-state index in [4.69, 9.17) is 4.74 Å². The van der Waals surface area contributed by atoms with E-state index < -0.39 is 0 Å². The van der Waals surface area contributed by atoms with Gasteiger partial charge >= 0.3 is 5.97 Å². The number of rotatable bonds is 7. The minimum absolute atomic E-state index is 0.141. The van der Waals surface area contributed by atoms with Crippen molar-refractivity contribution in [3.63, 3.8) is 0 Å². The minimum atomic E-state index is -0.223. The monoisotopic (exact) mass is 342 g/mol. The molecule has 2 aliphatic heterocycles. The number of fused-ring (bicyclic) bond motifs is 1. The highest BCUT2D eigenvalue weighted by molar-refractivity contribution is 8.03. The van der Waals surface area contributed by atoms with E-state index in [1.165, 1.54) is 17.7 Å². The number of hydrogen-bond donors (Lipinski definition) is 0. The van der Waals surface area contributed by atoms with Crippen LogP contribution in [0.15, 0.2) is 65.9 Å². The third-order valence-electron chi connectivity index (χ3n) is 4.35. The molecule has 0 amide bonds. The zero-order chi connectivity index (χ0) is 17.1. The summed E-state index contributed by atoms with van der Waals surface area (Å²) in [6, 6.07) is 4.35. The molecule has 0 aromatic carbocycles. The van der Waals surface area contributed by atoms with Crippen LogP contribution < -0.4 is 0 Å². The summed E-state index contributed by atoms with van der Waals surface area (Å²) in [6.45, 7) is 9.27. The van der Waals surface area contributed by atoms with Crippen LogP contribution in [-0.4, -0.2) is 34.8 Å². The van der Waals surface area contributed by atoms with Crippen LogP contribution in [0.25, 0.3) is 0 Å². The smallest absolute Gasteiger partial charge is 0.335 e. The molecule has 1 atom stereocenters. The van der Waals surface area contributed by atoms with Gasteiger partial charge in [-0.25, -0.2) is 4.79 Å². The topological polar surface area (TPSA) is 34.5 Å². The second kappa shape index (κ2) is 7.18. The molecule has 5 heteroatoms. The fourth-order valence-corrected chi connectivity index (χ4v) is 4.26. The Kier molecular flexibility index (Phi) is 5.00. The molecule has 3 heterocycles. The predicted molar refractivity (Wildman–Crippen MR) is 98.5 cm³/mol. The predicted octanol–water partition coefficient (Wildman–Crippen LogP) is 3.66. The minimum Gasteiger partial charge on any atom is -0.466 e. The van der Waals surface area contributed by atoms with Crippen LogP contribution in [0.2, 0.25) is 0 Å². The number of carbonyl (C=O) groups is 1. The van der Waals surface area contributed by atoms with Gasteiger partial charge < -0.3 is 14.2 Å². The number of esters is 1. The van der Waals surface area contributed by atoms with Crippen molar-refractivity contribution in [1.29, 1.82) is 0 Å². The second-order valence-electron chi connectivity index (χ2n) is 5.72. The Balaban J connectivity index is 2.01. The number of ether oxygens (including phenoxy) is 1. The highest BCUT2D eigenvalue weighted by atomic mass is 32.2. The average Bonchev–Trinajstić information content (AvgIpc) is 3.27. The first-order chi connectivity index (χ1) is 11.7. The fourth-order valence-electron chi connectivity index (χ4n) is 3.35. The SMILES string of the molecule is C=CCSC1=CC2=C(C(=O)OC)CCN2C1c1cccn1CC=C. The van der Waals surface area contributed by atoms with Crippen molar-refractivity contribution in [2.75, 3.05) is 19.4 Å². The molecule has 126 valence electrons. The van der Waals surface area contributed by atoms with Crippen LogP contribution >= 0.6 is 11.8 Å². The molecule has 4 nitrogen and oxygen atoms in total. The highest BCUT2D eigenvalue weighted by Crippen LogP contribution is 2.48. The normalized spacial score (nSPS) is 19.3. The molecular weight excluding hydrogens is 320 g/mol. The molecule has 24 heavy (non-hydrogen) atoms.